The Morgan fingerprint density at radius 2 is 2.08 bits per heavy atom. The van der Waals surface area contributed by atoms with Crippen LogP contribution in [0.2, 0.25) is 0 Å². The largest absolute Gasteiger partial charge is 0.0991 e. The fraction of sp³-hybridized carbons (Fsp3) is 0.167. The molecular formula is C12H14. The van der Waals surface area contributed by atoms with Gasteiger partial charge in [-0.3, -0.25) is 0 Å². The Hall–Kier alpha value is -1.30. The maximum atomic E-state index is 3.64. The third-order valence-electron chi connectivity index (χ3n) is 1.85. The number of hydrogen-bond donors (Lipinski definition) is 0. The summed E-state index contributed by atoms with van der Waals surface area (Å²) in [6, 6.07) is 8.41. The lowest BCUT2D eigenvalue weighted by molar-refractivity contribution is 1.13. The van der Waals surface area contributed by atoms with E-state index in [0.717, 1.165) is 6.42 Å². The molecule has 0 radical (unpaired) electrons. The Balaban J connectivity index is 2.96. The van der Waals surface area contributed by atoms with Crippen LogP contribution < -0.4 is 0 Å². The summed E-state index contributed by atoms with van der Waals surface area (Å²) in [6.07, 6.45) is 6.93. The Bertz CT molecular complexity index is 282. The predicted molar refractivity (Wildman–Crippen MR) is 55.1 cm³/mol. The molecule has 0 aliphatic carbocycles. The SMILES string of the molecule is C=CC=Cc1ccccc1CC. The van der Waals surface area contributed by atoms with Crippen molar-refractivity contribution >= 4 is 6.08 Å². The molecule has 12 heavy (non-hydrogen) atoms. The van der Waals surface area contributed by atoms with Crippen LogP contribution in [0.5, 0.6) is 0 Å². The highest BCUT2D eigenvalue weighted by Crippen LogP contribution is 2.10. The van der Waals surface area contributed by atoms with Crippen molar-refractivity contribution in [2.24, 2.45) is 0 Å². The van der Waals surface area contributed by atoms with Gasteiger partial charge < -0.3 is 0 Å². The van der Waals surface area contributed by atoms with Crippen LogP contribution in [0.15, 0.2) is 43.0 Å². The van der Waals surface area contributed by atoms with E-state index in [-0.39, 0.29) is 0 Å². The lowest BCUT2D eigenvalue weighted by atomic mass is 10.1. The highest BCUT2D eigenvalue weighted by molar-refractivity contribution is 5.54. The Morgan fingerprint density at radius 3 is 2.75 bits per heavy atom. The van der Waals surface area contributed by atoms with Gasteiger partial charge in [-0.2, -0.15) is 0 Å². The minimum Gasteiger partial charge on any atom is -0.0991 e. The van der Waals surface area contributed by atoms with Gasteiger partial charge in [-0.25, -0.2) is 0 Å². The molecule has 0 nitrogen and oxygen atoms in total. The second-order valence-corrected chi connectivity index (χ2v) is 2.65. The maximum absolute atomic E-state index is 3.64. The van der Waals surface area contributed by atoms with Crippen molar-refractivity contribution < 1.29 is 0 Å². The summed E-state index contributed by atoms with van der Waals surface area (Å²) in [6.45, 7) is 5.81. The maximum Gasteiger partial charge on any atom is -0.0225 e. The van der Waals surface area contributed by atoms with E-state index in [0.29, 0.717) is 0 Å². The summed E-state index contributed by atoms with van der Waals surface area (Å²) in [7, 11) is 0. The standard InChI is InChI=1S/C12H14/c1-3-5-8-12-10-7-6-9-11(12)4-2/h3,5-10H,1,4H2,2H3. The zero-order valence-corrected chi connectivity index (χ0v) is 7.46. The topological polar surface area (TPSA) is 0 Å². The Morgan fingerprint density at radius 1 is 1.33 bits per heavy atom. The van der Waals surface area contributed by atoms with Crippen LogP contribution in [0, 0.1) is 0 Å². The van der Waals surface area contributed by atoms with Crippen molar-refractivity contribution in [1.29, 1.82) is 0 Å². The van der Waals surface area contributed by atoms with Crippen LogP contribution in [0.4, 0.5) is 0 Å². The van der Waals surface area contributed by atoms with E-state index in [1.165, 1.54) is 11.1 Å². The molecule has 1 rings (SSSR count). The molecule has 0 heterocycles. The average Bonchev–Trinajstić information content (AvgIpc) is 2.15. The third-order valence-corrected chi connectivity index (χ3v) is 1.85. The number of hydrogen-bond acceptors (Lipinski definition) is 0. The van der Waals surface area contributed by atoms with Crippen molar-refractivity contribution in [1.82, 2.24) is 0 Å². The molecular weight excluding hydrogens is 144 g/mol. The highest BCUT2D eigenvalue weighted by atomic mass is 14.0. The van der Waals surface area contributed by atoms with Gasteiger partial charge in [0.15, 0.2) is 0 Å². The summed E-state index contributed by atoms with van der Waals surface area (Å²) >= 11 is 0. The smallest absolute Gasteiger partial charge is 0.0225 e. The van der Waals surface area contributed by atoms with E-state index in [1.807, 2.05) is 6.08 Å². The summed E-state index contributed by atoms with van der Waals surface area (Å²) in [5.41, 5.74) is 2.68. The lowest BCUT2D eigenvalue weighted by Gasteiger charge is -2.00. The van der Waals surface area contributed by atoms with E-state index < -0.39 is 0 Å². The number of aryl methyl sites for hydroxylation is 1. The zero-order valence-electron chi connectivity index (χ0n) is 7.46. The van der Waals surface area contributed by atoms with Crippen LogP contribution in [-0.2, 0) is 6.42 Å². The van der Waals surface area contributed by atoms with Gasteiger partial charge in [0.05, 0.1) is 0 Å². The van der Waals surface area contributed by atoms with E-state index >= 15 is 0 Å². The summed E-state index contributed by atoms with van der Waals surface area (Å²) in [4.78, 5) is 0. The first-order chi connectivity index (χ1) is 5.88. The van der Waals surface area contributed by atoms with Crippen LogP contribution in [0.3, 0.4) is 0 Å². The Labute approximate surface area is 74.2 Å². The van der Waals surface area contributed by atoms with Crippen molar-refractivity contribution in [3.05, 3.63) is 54.1 Å². The Kier molecular flexibility index (Phi) is 3.34. The second kappa shape index (κ2) is 4.55. The highest BCUT2D eigenvalue weighted by Gasteiger charge is 1.92. The molecule has 0 amide bonds. The van der Waals surface area contributed by atoms with E-state index in [2.05, 4.69) is 43.8 Å². The van der Waals surface area contributed by atoms with Gasteiger partial charge in [-0.05, 0) is 17.5 Å². The monoisotopic (exact) mass is 158 g/mol. The summed E-state index contributed by atoms with van der Waals surface area (Å²) < 4.78 is 0. The summed E-state index contributed by atoms with van der Waals surface area (Å²) in [5.74, 6) is 0. The van der Waals surface area contributed by atoms with E-state index in [9.17, 15) is 0 Å². The van der Waals surface area contributed by atoms with Crippen molar-refractivity contribution in [3.8, 4) is 0 Å². The van der Waals surface area contributed by atoms with Crippen LogP contribution in [-0.4, -0.2) is 0 Å². The average molecular weight is 158 g/mol. The van der Waals surface area contributed by atoms with Crippen LogP contribution in [0.25, 0.3) is 6.08 Å². The third kappa shape index (κ3) is 2.09. The zero-order chi connectivity index (χ0) is 8.81. The molecule has 0 saturated carbocycles. The molecule has 0 aliphatic rings. The minimum absolute atomic E-state index is 1.08. The van der Waals surface area contributed by atoms with Crippen molar-refractivity contribution in [2.75, 3.05) is 0 Å². The van der Waals surface area contributed by atoms with Gasteiger partial charge in [0.1, 0.15) is 0 Å². The molecule has 0 atom stereocenters. The summed E-state index contributed by atoms with van der Waals surface area (Å²) in [5, 5.41) is 0. The fourth-order valence-corrected chi connectivity index (χ4v) is 1.19. The minimum atomic E-state index is 1.08. The first-order valence-corrected chi connectivity index (χ1v) is 4.25. The number of rotatable bonds is 3. The molecule has 0 saturated heterocycles. The number of benzene rings is 1. The molecule has 0 bridgehead atoms. The number of allylic oxidation sites excluding steroid dienone is 2. The van der Waals surface area contributed by atoms with Gasteiger partial charge in [-0.15, -0.1) is 0 Å². The molecule has 0 unspecified atom stereocenters. The van der Waals surface area contributed by atoms with Gasteiger partial charge >= 0.3 is 0 Å². The molecule has 1 aromatic rings. The normalized spacial score (nSPS) is 10.4. The molecule has 62 valence electrons. The van der Waals surface area contributed by atoms with E-state index in [1.54, 1.807) is 6.08 Å². The fourth-order valence-electron chi connectivity index (χ4n) is 1.19. The lowest BCUT2D eigenvalue weighted by Crippen LogP contribution is -1.83. The van der Waals surface area contributed by atoms with Gasteiger partial charge in [-0.1, -0.05) is 56.0 Å². The van der Waals surface area contributed by atoms with Gasteiger partial charge in [0.2, 0.25) is 0 Å². The van der Waals surface area contributed by atoms with Crippen molar-refractivity contribution in [2.45, 2.75) is 13.3 Å². The van der Waals surface area contributed by atoms with E-state index in [4.69, 9.17) is 0 Å². The molecule has 0 heteroatoms. The van der Waals surface area contributed by atoms with Crippen LogP contribution >= 0.6 is 0 Å². The molecule has 0 fully saturated rings. The molecule has 1 aromatic carbocycles. The molecule has 0 aromatic heterocycles. The molecule has 0 aliphatic heterocycles. The molecule has 0 spiro atoms. The van der Waals surface area contributed by atoms with Gasteiger partial charge in [0.25, 0.3) is 0 Å². The predicted octanol–water partition coefficient (Wildman–Crippen LogP) is 3.45. The van der Waals surface area contributed by atoms with Crippen LogP contribution in [0.1, 0.15) is 18.1 Å². The van der Waals surface area contributed by atoms with Crippen molar-refractivity contribution in [3.63, 3.8) is 0 Å². The van der Waals surface area contributed by atoms with Gasteiger partial charge in [0, 0.05) is 0 Å². The molecule has 0 N–H and O–H groups in total. The first kappa shape index (κ1) is 8.79. The quantitative estimate of drug-likeness (QED) is 0.591. The first-order valence-electron chi connectivity index (χ1n) is 4.25. The second-order valence-electron chi connectivity index (χ2n) is 2.65.